The summed E-state index contributed by atoms with van der Waals surface area (Å²) in [5.41, 5.74) is -0.218. The summed E-state index contributed by atoms with van der Waals surface area (Å²) < 4.78 is 38.5. The molecule has 2 rings (SSSR count). The number of halogens is 4. The maximum atomic E-state index is 12.8. The Morgan fingerprint density at radius 2 is 1.92 bits per heavy atom. The number of anilines is 1. The lowest BCUT2D eigenvalue weighted by Crippen LogP contribution is -2.14. The third-order valence-corrected chi connectivity index (χ3v) is 5.11. The maximum Gasteiger partial charge on any atom is 0.417 e. The van der Waals surface area contributed by atoms with Gasteiger partial charge in [0.25, 0.3) is 0 Å². The number of para-hydroxylation sites is 1. The van der Waals surface area contributed by atoms with Gasteiger partial charge < -0.3 is 5.32 Å². The number of hydrogen-bond acceptors (Lipinski definition) is 3. The highest BCUT2D eigenvalue weighted by atomic mass is 35.5. The maximum absolute atomic E-state index is 12.8. The highest BCUT2D eigenvalue weighted by Crippen LogP contribution is 2.37. The lowest BCUT2D eigenvalue weighted by Gasteiger charge is -2.11. The number of nitrogens with one attached hydrogen (secondary N) is 1. The normalized spacial score (nSPS) is 11.4. The van der Waals surface area contributed by atoms with Crippen molar-refractivity contribution in [2.75, 3.05) is 17.3 Å². The van der Waals surface area contributed by atoms with E-state index in [4.69, 9.17) is 11.6 Å². The lowest BCUT2D eigenvalue weighted by atomic mass is 10.2. The fourth-order valence-corrected chi connectivity index (χ4v) is 3.41. The van der Waals surface area contributed by atoms with Crippen molar-refractivity contribution in [3.05, 3.63) is 53.1 Å². The van der Waals surface area contributed by atoms with Crippen molar-refractivity contribution in [1.82, 2.24) is 0 Å². The van der Waals surface area contributed by atoms with Crippen molar-refractivity contribution in [2.24, 2.45) is 0 Å². The summed E-state index contributed by atoms with van der Waals surface area (Å²) in [5, 5.41) is 2.40. The Labute approximate surface area is 151 Å². The van der Waals surface area contributed by atoms with Crippen LogP contribution in [-0.4, -0.2) is 17.9 Å². The second-order valence-corrected chi connectivity index (χ2v) is 6.98. The number of amides is 1. The van der Waals surface area contributed by atoms with Gasteiger partial charge in [0, 0.05) is 9.79 Å². The van der Waals surface area contributed by atoms with Crippen molar-refractivity contribution in [3.8, 4) is 0 Å². The summed E-state index contributed by atoms with van der Waals surface area (Å²) in [6.07, 6.45) is -2.63. The van der Waals surface area contributed by atoms with E-state index in [0.717, 1.165) is 22.7 Å². The predicted molar refractivity (Wildman–Crippen MR) is 94.0 cm³/mol. The number of thioether (sulfide) groups is 2. The molecule has 0 aromatic heterocycles. The number of carbonyl (C=O) groups excluding carboxylic acids is 1. The molecule has 2 aromatic carbocycles. The van der Waals surface area contributed by atoms with Crippen LogP contribution < -0.4 is 5.32 Å². The molecular formula is C16H13ClF3NOS2. The van der Waals surface area contributed by atoms with Crippen LogP contribution in [0.15, 0.2) is 52.3 Å². The van der Waals surface area contributed by atoms with Crippen LogP contribution in [0.4, 0.5) is 18.9 Å². The number of rotatable bonds is 5. The average Bonchev–Trinajstić information content (AvgIpc) is 2.53. The third-order valence-electron chi connectivity index (χ3n) is 2.99. The largest absolute Gasteiger partial charge is 0.417 e. The van der Waals surface area contributed by atoms with Gasteiger partial charge in [-0.15, -0.1) is 23.5 Å². The van der Waals surface area contributed by atoms with Gasteiger partial charge in [-0.25, -0.2) is 0 Å². The van der Waals surface area contributed by atoms with Gasteiger partial charge in [-0.05, 0) is 36.6 Å². The predicted octanol–water partition coefficient (Wildman–Crippen LogP) is 5.81. The number of alkyl halides is 3. The highest BCUT2D eigenvalue weighted by Gasteiger charge is 2.33. The molecule has 0 aliphatic carbocycles. The zero-order valence-corrected chi connectivity index (χ0v) is 14.9. The molecule has 0 heterocycles. The zero-order valence-electron chi connectivity index (χ0n) is 12.5. The van der Waals surface area contributed by atoms with E-state index in [-0.39, 0.29) is 16.7 Å². The van der Waals surface area contributed by atoms with Crippen LogP contribution in [0.25, 0.3) is 0 Å². The average molecular weight is 392 g/mol. The molecule has 1 amide bonds. The van der Waals surface area contributed by atoms with Crippen molar-refractivity contribution in [2.45, 2.75) is 16.0 Å². The van der Waals surface area contributed by atoms with Crippen molar-refractivity contribution in [1.29, 1.82) is 0 Å². The van der Waals surface area contributed by atoms with Gasteiger partial charge in [-0.1, -0.05) is 23.7 Å². The Hall–Kier alpha value is -1.31. The molecule has 2 nitrogen and oxygen atoms in total. The molecule has 0 fully saturated rings. The van der Waals surface area contributed by atoms with Crippen molar-refractivity contribution >= 4 is 46.7 Å². The summed E-state index contributed by atoms with van der Waals surface area (Å²) in [6, 6.07) is 10.9. The molecule has 8 heteroatoms. The van der Waals surface area contributed by atoms with Gasteiger partial charge in [0.2, 0.25) is 5.91 Å². The summed E-state index contributed by atoms with van der Waals surface area (Å²) >= 11 is 8.09. The Balaban J connectivity index is 2.02. The zero-order chi connectivity index (χ0) is 17.7. The molecule has 0 unspecified atom stereocenters. The van der Waals surface area contributed by atoms with E-state index >= 15 is 0 Å². The fraction of sp³-hybridized carbons (Fsp3) is 0.188. The second-order valence-electron chi connectivity index (χ2n) is 4.68. The molecule has 0 aliphatic heterocycles. The Kier molecular flexibility index (Phi) is 6.48. The third kappa shape index (κ3) is 5.09. The molecule has 128 valence electrons. The summed E-state index contributed by atoms with van der Waals surface area (Å²) in [5.74, 6) is -0.285. The Morgan fingerprint density at radius 1 is 1.21 bits per heavy atom. The number of hydrogen-bond donors (Lipinski definition) is 1. The smallest absolute Gasteiger partial charge is 0.324 e. The molecule has 24 heavy (non-hydrogen) atoms. The van der Waals surface area contributed by atoms with Crippen molar-refractivity contribution in [3.63, 3.8) is 0 Å². The topological polar surface area (TPSA) is 29.1 Å². The first kappa shape index (κ1) is 19.0. The summed E-state index contributed by atoms with van der Waals surface area (Å²) in [7, 11) is 0. The lowest BCUT2D eigenvalue weighted by molar-refractivity contribution is -0.137. The first-order chi connectivity index (χ1) is 11.3. The fourth-order valence-electron chi connectivity index (χ4n) is 1.89. The molecule has 2 aromatic rings. The molecular weight excluding hydrogens is 379 g/mol. The van der Waals surface area contributed by atoms with E-state index in [1.165, 1.54) is 23.9 Å². The van der Waals surface area contributed by atoms with E-state index in [1.807, 2.05) is 18.4 Å². The second kappa shape index (κ2) is 8.18. The Morgan fingerprint density at radius 3 is 2.58 bits per heavy atom. The van der Waals surface area contributed by atoms with Crippen LogP contribution in [0.1, 0.15) is 5.56 Å². The van der Waals surface area contributed by atoms with Crippen LogP contribution in [0.3, 0.4) is 0 Å². The molecule has 1 N–H and O–H groups in total. The molecule has 0 saturated carbocycles. The number of benzene rings is 2. The molecule has 0 radical (unpaired) electrons. The van der Waals surface area contributed by atoms with E-state index < -0.39 is 11.7 Å². The molecule has 0 spiro atoms. The van der Waals surface area contributed by atoms with Crippen LogP contribution in [0, 0.1) is 0 Å². The van der Waals surface area contributed by atoms with E-state index in [1.54, 1.807) is 12.1 Å². The minimum Gasteiger partial charge on any atom is -0.324 e. The van der Waals surface area contributed by atoms with Crippen LogP contribution in [0.2, 0.25) is 5.02 Å². The molecule has 0 aliphatic rings. The first-order valence-electron chi connectivity index (χ1n) is 6.73. The number of carbonyl (C=O) groups is 1. The SMILES string of the molecule is CSc1ccccc1NC(=O)CSc1ccc(Cl)c(C(F)(F)F)c1. The van der Waals surface area contributed by atoms with Crippen LogP contribution in [0.5, 0.6) is 0 Å². The van der Waals surface area contributed by atoms with Gasteiger partial charge in [-0.3, -0.25) is 4.79 Å². The van der Waals surface area contributed by atoms with Gasteiger partial charge in [-0.2, -0.15) is 13.2 Å². The monoisotopic (exact) mass is 391 g/mol. The van der Waals surface area contributed by atoms with E-state index in [0.29, 0.717) is 10.6 Å². The minimum atomic E-state index is -4.52. The standard InChI is InChI=1S/C16H13ClF3NOS2/c1-23-14-5-3-2-4-13(14)21-15(22)9-24-10-6-7-12(17)11(8-10)16(18,19)20/h2-8H,9H2,1H3,(H,21,22). The summed E-state index contributed by atoms with van der Waals surface area (Å²) in [6.45, 7) is 0. The highest BCUT2D eigenvalue weighted by molar-refractivity contribution is 8.00. The van der Waals surface area contributed by atoms with Gasteiger partial charge in [0.15, 0.2) is 0 Å². The quantitative estimate of drug-likeness (QED) is 0.652. The van der Waals surface area contributed by atoms with E-state index in [9.17, 15) is 18.0 Å². The Bertz CT molecular complexity index is 738. The first-order valence-corrected chi connectivity index (χ1v) is 9.32. The van der Waals surface area contributed by atoms with Gasteiger partial charge in [0.05, 0.1) is 22.0 Å². The van der Waals surface area contributed by atoms with Gasteiger partial charge >= 0.3 is 6.18 Å². The molecule has 0 saturated heterocycles. The molecule has 0 bridgehead atoms. The van der Waals surface area contributed by atoms with E-state index in [2.05, 4.69) is 5.32 Å². The minimum absolute atomic E-state index is 0.00163. The van der Waals surface area contributed by atoms with Gasteiger partial charge in [0.1, 0.15) is 0 Å². The van der Waals surface area contributed by atoms with Crippen molar-refractivity contribution < 1.29 is 18.0 Å². The van der Waals surface area contributed by atoms with Crippen LogP contribution >= 0.6 is 35.1 Å². The summed E-state index contributed by atoms with van der Waals surface area (Å²) in [4.78, 5) is 13.3. The molecule has 0 atom stereocenters. The van der Waals surface area contributed by atoms with Crippen LogP contribution in [-0.2, 0) is 11.0 Å².